The lowest BCUT2D eigenvalue weighted by Crippen LogP contribution is -1.99. The zero-order valence-corrected chi connectivity index (χ0v) is 25.7. The number of hydrogen-bond acceptors (Lipinski definition) is 8. The van der Waals surface area contributed by atoms with Gasteiger partial charge in [-0.2, -0.15) is 0 Å². The molecule has 0 spiro atoms. The lowest BCUT2D eigenvalue weighted by Gasteiger charge is -2.01. The number of rotatable bonds is 8. The average Bonchev–Trinajstić information content (AvgIpc) is 3.61. The molecular weight excluding hydrogens is 605 g/mol. The number of carboxylic acid groups (broad SMARTS) is 1. The van der Waals surface area contributed by atoms with Crippen molar-refractivity contribution in [2.75, 3.05) is 12.5 Å². The van der Waals surface area contributed by atoms with E-state index >= 15 is 0 Å². The molecule has 0 saturated heterocycles. The number of thiophene rings is 3. The van der Waals surface area contributed by atoms with Crippen LogP contribution in [0.2, 0.25) is 0 Å². The number of sulfone groups is 2. The molecule has 0 amide bonds. The van der Waals surface area contributed by atoms with E-state index in [9.17, 15) is 26.7 Å². The van der Waals surface area contributed by atoms with Crippen molar-refractivity contribution in [3.63, 3.8) is 0 Å². The molecule has 0 aliphatic heterocycles. The Morgan fingerprint density at radius 3 is 1.70 bits per heavy atom. The smallest absolute Gasteiger partial charge is 0.307 e. The second kappa shape index (κ2) is 10.7. The molecule has 5 rings (SSSR count). The third-order valence-corrected chi connectivity index (χ3v) is 12.4. The van der Waals surface area contributed by atoms with Gasteiger partial charge in [0.15, 0.2) is 19.7 Å². The minimum Gasteiger partial charge on any atom is -0.481 e. The van der Waals surface area contributed by atoms with Gasteiger partial charge in [0, 0.05) is 41.8 Å². The predicted molar refractivity (Wildman–Crippen MR) is 164 cm³/mol. The molecular formula is C29H24O6S5. The topological polar surface area (TPSA) is 106 Å². The molecule has 3 heterocycles. The van der Waals surface area contributed by atoms with Gasteiger partial charge in [0.1, 0.15) is 0 Å². The summed E-state index contributed by atoms with van der Waals surface area (Å²) in [4.78, 5) is 17.8. The van der Waals surface area contributed by atoms with E-state index in [4.69, 9.17) is 0 Å². The molecule has 5 aromatic rings. The molecule has 0 aliphatic carbocycles. The Labute approximate surface area is 245 Å². The first-order valence-corrected chi connectivity index (χ1v) is 18.2. The predicted octanol–water partition coefficient (Wildman–Crippen LogP) is 7.28. The largest absolute Gasteiger partial charge is 0.481 e. The first kappa shape index (κ1) is 28.4. The van der Waals surface area contributed by atoms with Crippen LogP contribution in [0, 0.1) is 6.92 Å². The molecule has 2 aromatic carbocycles. The maximum absolute atomic E-state index is 12.1. The molecule has 206 valence electrons. The summed E-state index contributed by atoms with van der Waals surface area (Å²) in [5, 5.41) is 9.56. The number of hydrogen-bond donors (Lipinski definition) is 1. The Balaban J connectivity index is 1.53. The van der Waals surface area contributed by atoms with E-state index in [1.165, 1.54) is 17.6 Å². The number of benzene rings is 2. The highest BCUT2D eigenvalue weighted by molar-refractivity contribution is 7.91. The lowest BCUT2D eigenvalue weighted by atomic mass is 10.1. The fourth-order valence-electron chi connectivity index (χ4n) is 4.28. The van der Waals surface area contributed by atoms with E-state index in [0.29, 0.717) is 5.56 Å². The van der Waals surface area contributed by atoms with Gasteiger partial charge in [-0.05, 0) is 77.7 Å². The van der Waals surface area contributed by atoms with E-state index in [0.717, 1.165) is 52.2 Å². The van der Waals surface area contributed by atoms with Crippen molar-refractivity contribution in [2.45, 2.75) is 23.1 Å². The lowest BCUT2D eigenvalue weighted by molar-refractivity contribution is -0.136. The summed E-state index contributed by atoms with van der Waals surface area (Å²) in [5.41, 5.74) is 3.29. The van der Waals surface area contributed by atoms with Crippen molar-refractivity contribution in [1.29, 1.82) is 0 Å². The molecule has 40 heavy (non-hydrogen) atoms. The van der Waals surface area contributed by atoms with Crippen molar-refractivity contribution in [3.05, 3.63) is 83.9 Å². The van der Waals surface area contributed by atoms with Gasteiger partial charge in [-0.25, -0.2) is 16.8 Å². The Morgan fingerprint density at radius 2 is 1.18 bits per heavy atom. The Hall–Kier alpha value is -3.09. The van der Waals surface area contributed by atoms with Crippen molar-refractivity contribution in [2.24, 2.45) is 0 Å². The maximum atomic E-state index is 12.1. The van der Waals surface area contributed by atoms with Crippen LogP contribution in [0.5, 0.6) is 0 Å². The zero-order chi connectivity index (χ0) is 28.8. The SMILES string of the molecule is Cc1cc(-c2cccc(S(C)(=O)=O)c2)sc1-c1ccc(-c2sc(-c3cccc(S(C)(=O)=O)c3)cc2CC(=O)O)s1. The number of carbonyl (C=O) groups is 1. The number of aryl methyl sites for hydroxylation is 1. The molecule has 0 atom stereocenters. The number of carboxylic acids is 1. The van der Waals surface area contributed by atoms with E-state index in [-0.39, 0.29) is 16.2 Å². The standard InChI is InChI=1S/C29H24O6S5/c1-17-12-25(18-6-4-8-21(13-18)39(2,32)33)37-28(17)23-10-11-24(36-23)29-20(16-27(30)31)15-26(38-29)19-7-5-9-22(14-19)40(3,34)35/h4-15H,16H2,1-3H3,(H,30,31). The molecule has 0 unspecified atom stereocenters. The van der Waals surface area contributed by atoms with Crippen molar-refractivity contribution in [3.8, 4) is 40.4 Å². The third-order valence-electron chi connectivity index (χ3n) is 6.22. The maximum Gasteiger partial charge on any atom is 0.307 e. The van der Waals surface area contributed by atoms with Crippen LogP contribution < -0.4 is 0 Å². The van der Waals surface area contributed by atoms with Gasteiger partial charge in [-0.3, -0.25) is 4.79 Å². The van der Waals surface area contributed by atoms with Crippen LogP contribution in [0.25, 0.3) is 40.4 Å². The quantitative estimate of drug-likeness (QED) is 0.194. The van der Waals surface area contributed by atoms with Crippen LogP contribution in [0.1, 0.15) is 11.1 Å². The molecule has 0 saturated carbocycles. The minimum absolute atomic E-state index is 0.149. The molecule has 11 heteroatoms. The summed E-state index contributed by atoms with van der Waals surface area (Å²) in [7, 11) is -6.70. The monoisotopic (exact) mass is 628 g/mol. The fraction of sp³-hybridized carbons (Fsp3) is 0.138. The van der Waals surface area contributed by atoms with Gasteiger partial charge in [-0.1, -0.05) is 24.3 Å². The molecule has 0 aliphatic rings. The normalized spacial score (nSPS) is 12.1. The zero-order valence-electron chi connectivity index (χ0n) is 21.7. The van der Waals surface area contributed by atoms with Gasteiger partial charge in [0.2, 0.25) is 0 Å². The first-order chi connectivity index (χ1) is 18.8. The minimum atomic E-state index is -3.38. The van der Waals surface area contributed by atoms with Crippen molar-refractivity contribution in [1.82, 2.24) is 0 Å². The van der Waals surface area contributed by atoms with Crippen LogP contribution >= 0.6 is 34.0 Å². The molecule has 6 nitrogen and oxygen atoms in total. The van der Waals surface area contributed by atoms with Crippen LogP contribution in [-0.4, -0.2) is 40.4 Å². The second-order valence-corrected chi connectivity index (χ2v) is 16.6. The van der Waals surface area contributed by atoms with E-state index < -0.39 is 25.6 Å². The van der Waals surface area contributed by atoms with Crippen LogP contribution in [0.4, 0.5) is 0 Å². The summed E-state index contributed by atoms with van der Waals surface area (Å²) in [6.45, 7) is 2.02. The van der Waals surface area contributed by atoms with Crippen LogP contribution in [-0.2, 0) is 30.9 Å². The fourth-order valence-corrected chi connectivity index (χ4v) is 9.29. The molecule has 1 N–H and O–H groups in total. The van der Waals surface area contributed by atoms with Crippen LogP contribution in [0.15, 0.2) is 82.6 Å². The summed E-state index contributed by atoms with van der Waals surface area (Å²) in [6.07, 6.45) is 2.21. The third kappa shape index (κ3) is 5.98. The van der Waals surface area contributed by atoms with Gasteiger partial charge in [0.05, 0.1) is 16.2 Å². The van der Waals surface area contributed by atoms with Crippen molar-refractivity contribution >= 4 is 59.7 Å². The Morgan fingerprint density at radius 1 is 0.675 bits per heavy atom. The van der Waals surface area contributed by atoms with Crippen LogP contribution in [0.3, 0.4) is 0 Å². The molecule has 0 radical (unpaired) electrons. The van der Waals surface area contributed by atoms with Gasteiger partial charge < -0.3 is 5.11 Å². The second-order valence-electron chi connectivity index (χ2n) is 9.42. The van der Waals surface area contributed by atoms with Gasteiger partial charge in [0.25, 0.3) is 0 Å². The van der Waals surface area contributed by atoms with E-state index in [2.05, 4.69) is 6.07 Å². The van der Waals surface area contributed by atoms with Crippen molar-refractivity contribution < 1.29 is 26.7 Å². The highest BCUT2D eigenvalue weighted by atomic mass is 32.2. The summed E-state index contributed by atoms with van der Waals surface area (Å²) in [6, 6.07) is 21.5. The van der Waals surface area contributed by atoms with E-state index in [1.54, 1.807) is 59.1 Å². The summed E-state index contributed by atoms with van der Waals surface area (Å²) < 4.78 is 48.2. The highest BCUT2D eigenvalue weighted by Crippen LogP contribution is 2.46. The molecule has 3 aromatic heterocycles. The highest BCUT2D eigenvalue weighted by Gasteiger charge is 2.19. The van der Waals surface area contributed by atoms with Gasteiger partial charge in [-0.15, -0.1) is 34.0 Å². The number of aliphatic carboxylic acids is 1. The molecule has 0 fully saturated rings. The molecule has 0 bridgehead atoms. The average molecular weight is 629 g/mol. The summed E-state index contributed by atoms with van der Waals surface area (Å²) >= 11 is 4.59. The van der Waals surface area contributed by atoms with E-state index in [1.807, 2.05) is 37.3 Å². The Kier molecular flexibility index (Phi) is 7.62. The Bertz CT molecular complexity index is 1970. The first-order valence-electron chi connectivity index (χ1n) is 12.0. The van der Waals surface area contributed by atoms with Gasteiger partial charge >= 0.3 is 5.97 Å². The summed E-state index contributed by atoms with van der Waals surface area (Å²) in [5.74, 6) is -0.942.